The van der Waals surface area contributed by atoms with Crippen molar-refractivity contribution < 1.29 is 0 Å². The Morgan fingerprint density at radius 1 is 1.59 bits per heavy atom. The third-order valence-electron chi connectivity index (χ3n) is 3.68. The van der Waals surface area contributed by atoms with E-state index in [1.165, 1.54) is 31.4 Å². The van der Waals surface area contributed by atoms with Crippen molar-refractivity contribution in [1.82, 2.24) is 15.1 Å². The number of hydrogen-bond donors (Lipinski definition) is 1. The normalized spacial score (nSPS) is 18.4. The van der Waals surface area contributed by atoms with Gasteiger partial charge in [0.2, 0.25) is 0 Å². The lowest BCUT2D eigenvalue weighted by Gasteiger charge is -2.12. The molecule has 0 bridgehead atoms. The molecule has 0 spiro atoms. The first-order valence-electron chi connectivity index (χ1n) is 6.65. The molecule has 1 aromatic heterocycles. The lowest BCUT2D eigenvalue weighted by atomic mass is 10.1. The summed E-state index contributed by atoms with van der Waals surface area (Å²) in [6.07, 6.45) is 11.4. The molecule has 0 radical (unpaired) electrons. The summed E-state index contributed by atoms with van der Waals surface area (Å²) in [5, 5.41) is 8.01. The molecule has 1 aliphatic carbocycles. The molecule has 1 aromatic rings. The maximum Gasteiger partial charge on any atom is 0.0640 e. The molecule has 2 rings (SSSR count). The Morgan fingerprint density at radius 2 is 2.35 bits per heavy atom. The van der Waals surface area contributed by atoms with Crippen LogP contribution in [-0.4, -0.2) is 22.9 Å². The van der Waals surface area contributed by atoms with Crippen molar-refractivity contribution in [3.05, 3.63) is 30.6 Å². The first kappa shape index (κ1) is 12.4. The third kappa shape index (κ3) is 3.19. The van der Waals surface area contributed by atoms with Gasteiger partial charge in [0.25, 0.3) is 0 Å². The summed E-state index contributed by atoms with van der Waals surface area (Å²) >= 11 is 0. The summed E-state index contributed by atoms with van der Waals surface area (Å²) in [5.74, 6) is 0. The number of hydrogen-bond acceptors (Lipinski definition) is 2. The van der Waals surface area contributed by atoms with E-state index < -0.39 is 0 Å². The molecule has 0 saturated heterocycles. The predicted octanol–water partition coefficient (Wildman–Crippen LogP) is 2.70. The van der Waals surface area contributed by atoms with E-state index in [0.717, 1.165) is 12.8 Å². The Kier molecular flexibility index (Phi) is 4.37. The zero-order valence-electron chi connectivity index (χ0n) is 10.7. The maximum absolute atomic E-state index is 4.70. The van der Waals surface area contributed by atoms with Gasteiger partial charge in [0, 0.05) is 18.7 Å². The highest BCUT2D eigenvalue weighted by Crippen LogP contribution is 2.28. The third-order valence-corrected chi connectivity index (χ3v) is 3.68. The second-order valence-corrected chi connectivity index (χ2v) is 4.94. The predicted molar refractivity (Wildman–Crippen MR) is 71.1 cm³/mol. The molecule has 1 heterocycles. The number of nitrogens with one attached hydrogen (secondary N) is 1. The molecule has 0 aromatic carbocycles. The lowest BCUT2D eigenvalue weighted by molar-refractivity contribution is 0.458. The Bertz CT molecular complexity index is 350. The van der Waals surface area contributed by atoms with Gasteiger partial charge in [-0.05, 0) is 32.4 Å². The fourth-order valence-corrected chi connectivity index (χ4v) is 2.62. The Hall–Kier alpha value is -1.09. The fourth-order valence-electron chi connectivity index (χ4n) is 2.62. The SMILES string of the molecule is C=CCC(Cc1ccn(C2CCCC2)n1)NC. The van der Waals surface area contributed by atoms with E-state index in [1.807, 2.05) is 13.1 Å². The van der Waals surface area contributed by atoms with Gasteiger partial charge in [0.1, 0.15) is 0 Å². The van der Waals surface area contributed by atoms with Crippen LogP contribution in [0.2, 0.25) is 0 Å². The van der Waals surface area contributed by atoms with Gasteiger partial charge in [-0.15, -0.1) is 6.58 Å². The van der Waals surface area contributed by atoms with Crippen LogP contribution < -0.4 is 5.32 Å². The van der Waals surface area contributed by atoms with Gasteiger partial charge in [0.15, 0.2) is 0 Å². The molecule has 1 fully saturated rings. The Morgan fingerprint density at radius 3 is 3.00 bits per heavy atom. The van der Waals surface area contributed by atoms with E-state index in [0.29, 0.717) is 12.1 Å². The first-order chi connectivity index (χ1) is 8.33. The van der Waals surface area contributed by atoms with Crippen molar-refractivity contribution in [2.24, 2.45) is 0 Å². The molecule has 0 aliphatic heterocycles. The molecule has 1 atom stereocenters. The highest BCUT2D eigenvalue weighted by atomic mass is 15.3. The highest BCUT2D eigenvalue weighted by Gasteiger charge is 2.18. The fraction of sp³-hybridized carbons (Fsp3) is 0.643. The van der Waals surface area contributed by atoms with E-state index >= 15 is 0 Å². The minimum atomic E-state index is 0.458. The topological polar surface area (TPSA) is 29.9 Å². The molecule has 1 aliphatic rings. The van der Waals surface area contributed by atoms with E-state index in [-0.39, 0.29) is 0 Å². The zero-order chi connectivity index (χ0) is 12.1. The summed E-state index contributed by atoms with van der Waals surface area (Å²) in [5.41, 5.74) is 1.19. The molecular formula is C14H23N3. The van der Waals surface area contributed by atoms with Gasteiger partial charge in [-0.2, -0.15) is 5.10 Å². The Balaban J connectivity index is 1.94. The van der Waals surface area contributed by atoms with Crippen LogP contribution in [0.4, 0.5) is 0 Å². The smallest absolute Gasteiger partial charge is 0.0640 e. The van der Waals surface area contributed by atoms with Crippen molar-refractivity contribution in [2.45, 2.75) is 50.6 Å². The van der Waals surface area contributed by atoms with E-state index in [9.17, 15) is 0 Å². The minimum Gasteiger partial charge on any atom is -0.316 e. The summed E-state index contributed by atoms with van der Waals surface area (Å²) in [6, 6.07) is 3.27. The number of likely N-dealkylation sites (N-methyl/N-ethyl adjacent to an activating group) is 1. The first-order valence-corrected chi connectivity index (χ1v) is 6.65. The lowest BCUT2D eigenvalue weighted by Crippen LogP contribution is -2.27. The van der Waals surface area contributed by atoms with Gasteiger partial charge < -0.3 is 5.32 Å². The minimum absolute atomic E-state index is 0.458. The second kappa shape index (κ2) is 6.01. The van der Waals surface area contributed by atoms with Gasteiger partial charge in [-0.3, -0.25) is 4.68 Å². The zero-order valence-corrected chi connectivity index (χ0v) is 10.7. The van der Waals surface area contributed by atoms with Crippen LogP contribution in [0.1, 0.15) is 43.8 Å². The van der Waals surface area contributed by atoms with Crippen LogP contribution in [0.15, 0.2) is 24.9 Å². The molecule has 3 heteroatoms. The van der Waals surface area contributed by atoms with Crippen LogP contribution >= 0.6 is 0 Å². The van der Waals surface area contributed by atoms with Crippen molar-refractivity contribution in [1.29, 1.82) is 0 Å². The maximum atomic E-state index is 4.70. The van der Waals surface area contributed by atoms with Crippen molar-refractivity contribution in [3.63, 3.8) is 0 Å². The summed E-state index contributed by atoms with van der Waals surface area (Å²) in [7, 11) is 2.00. The number of rotatable bonds is 6. The van der Waals surface area contributed by atoms with Gasteiger partial charge in [-0.1, -0.05) is 18.9 Å². The summed E-state index contributed by atoms with van der Waals surface area (Å²) in [4.78, 5) is 0. The molecule has 0 amide bonds. The van der Waals surface area contributed by atoms with Gasteiger partial charge in [-0.25, -0.2) is 0 Å². The van der Waals surface area contributed by atoms with Crippen molar-refractivity contribution >= 4 is 0 Å². The van der Waals surface area contributed by atoms with Crippen LogP contribution in [-0.2, 0) is 6.42 Å². The monoisotopic (exact) mass is 233 g/mol. The molecule has 17 heavy (non-hydrogen) atoms. The average Bonchev–Trinajstić information content (AvgIpc) is 2.98. The molecule has 1 N–H and O–H groups in total. The number of nitrogens with zero attached hydrogens (tertiary/aromatic N) is 2. The molecule has 1 unspecified atom stereocenters. The van der Waals surface area contributed by atoms with E-state index in [2.05, 4.69) is 28.8 Å². The second-order valence-electron chi connectivity index (χ2n) is 4.94. The van der Waals surface area contributed by atoms with E-state index in [4.69, 9.17) is 5.10 Å². The number of aromatic nitrogens is 2. The highest BCUT2D eigenvalue weighted by molar-refractivity contribution is 5.03. The summed E-state index contributed by atoms with van der Waals surface area (Å²) < 4.78 is 2.17. The Labute approximate surface area is 104 Å². The molecule has 94 valence electrons. The van der Waals surface area contributed by atoms with Gasteiger partial charge >= 0.3 is 0 Å². The van der Waals surface area contributed by atoms with E-state index in [1.54, 1.807) is 0 Å². The van der Waals surface area contributed by atoms with Crippen LogP contribution in [0.25, 0.3) is 0 Å². The van der Waals surface area contributed by atoms with Crippen molar-refractivity contribution in [3.8, 4) is 0 Å². The van der Waals surface area contributed by atoms with Crippen LogP contribution in [0.5, 0.6) is 0 Å². The standard InChI is InChI=1S/C14H23N3/c1-3-6-12(15-2)11-13-9-10-17(16-13)14-7-4-5-8-14/h3,9-10,12,14-15H,1,4-8,11H2,2H3. The van der Waals surface area contributed by atoms with Crippen LogP contribution in [0.3, 0.4) is 0 Å². The van der Waals surface area contributed by atoms with Crippen molar-refractivity contribution in [2.75, 3.05) is 7.05 Å². The molecular weight excluding hydrogens is 210 g/mol. The molecule has 1 saturated carbocycles. The van der Waals surface area contributed by atoms with Crippen LogP contribution in [0, 0.1) is 0 Å². The average molecular weight is 233 g/mol. The quantitative estimate of drug-likeness (QED) is 0.766. The largest absolute Gasteiger partial charge is 0.316 e. The molecule has 3 nitrogen and oxygen atoms in total. The summed E-state index contributed by atoms with van der Waals surface area (Å²) in [6.45, 7) is 3.79. The van der Waals surface area contributed by atoms with Gasteiger partial charge in [0.05, 0.1) is 11.7 Å².